The van der Waals surface area contributed by atoms with Crippen LogP contribution in [0.2, 0.25) is 0 Å². The molecule has 45 heavy (non-hydrogen) atoms. The van der Waals surface area contributed by atoms with Crippen molar-refractivity contribution in [2.75, 3.05) is 11.9 Å². The Bertz CT molecular complexity index is 1620. The fourth-order valence-corrected chi connectivity index (χ4v) is 5.32. The molecule has 2 atom stereocenters. The summed E-state index contributed by atoms with van der Waals surface area (Å²) in [4.78, 5) is 31.6. The largest absolute Gasteiger partial charge is 0.416 e. The molecule has 2 amide bonds. The lowest BCUT2D eigenvalue weighted by atomic mass is 9.81. The first-order valence-electron chi connectivity index (χ1n) is 14.1. The van der Waals surface area contributed by atoms with Crippen LogP contribution in [0.15, 0.2) is 48.7 Å². The van der Waals surface area contributed by atoms with E-state index in [4.69, 9.17) is 7.10 Å². The van der Waals surface area contributed by atoms with Gasteiger partial charge in [0, 0.05) is 14.0 Å². The van der Waals surface area contributed by atoms with E-state index in [1.54, 1.807) is 13.0 Å². The van der Waals surface area contributed by atoms with Crippen molar-refractivity contribution < 1.29 is 41.7 Å². The predicted octanol–water partition coefficient (Wildman–Crippen LogP) is 7.26. The first-order valence-corrected chi connectivity index (χ1v) is 13.4. The number of nitrogens with two attached hydrogens (primary N) is 1. The van der Waals surface area contributed by atoms with Gasteiger partial charge in [-0.3, -0.25) is 19.9 Å². The number of aromatic nitrogens is 1. The van der Waals surface area contributed by atoms with Gasteiger partial charge in [0.25, 0.3) is 0 Å². The monoisotopic (exact) mass is 661 g/mol. The minimum atomic E-state index is -5.10. The summed E-state index contributed by atoms with van der Waals surface area (Å²) in [5, 5.41) is 3.08. The van der Waals surface area contributed by atoms with Crippen molar-refractivity contribution >= 4 is 29.9 Å². The molecule has 0 saturated carbocycles. The molecule has 1 aliphatic heterocycles. The standard InChI is InChI=1S/C31H31F7N4O2.ClH/c1-16-10-20(32)6-7-21(16)22-14-24(23-8-9-29(4,41-23)26(39)43)40-15-25(22)42(5)27(44)28(2,3)17-11-18(30(33,34)35)13-19(12-17)31(36,37)38;/h6-7,10-15,23,41H,8-9H2,1-5H3,(H2,39,43);1H/t23-,29-;/m0./s1/i4D;. The number of hydrogen-bond acceptors (Lipinski definition) is 4. The van der Waals surface area contributed by atoms with Crippen molar-refractivity contribution in [2.45, 2.75) is 69.9 Å². The van der Waals surface area contributed by atoms with E-state index in [1.807, 2.05) is 0 Å². The molecule has 1 aliphatic rings. The normalized spacial score (nSPS) is 19.1. The maximum absolute atomic E-state index is 14.0. The summed E-state index contributed by atoms with van der Waals surface area (Å²) in [6, 6.07) is 6.07. The molecular formula is C31H32ClF7N4O2. The smallest absolute Gasteiger partial charge is 0.368 e. The molecule has 0 aliphatic carbocycles. The molecule has 3 N–H and O–H groups in total. The van der Waals surface area contributed by atoms with Crippen LogP contribution in [0.1, 0.15) is 68.9 Å². The summed E-state index contributed by atoms with van der Waals surface area (Å²) in [6.07, 6.45) is -8.21. The molecule has 2 aromatic carbocycles. The quantitative estimate of drug-likeness (QED) is 0.272. The lowest BCUT2D eigenvalue weighted by Gasteiger charge is -2.32. The summed E-state index contributed by atoms with van der Waals surface area (Å²) in [7, 11) is 1.31. The number of nitrogens with one attached hydrogen (secondary N) is 1. The molecule has 0 bridgehead atoms. The molecule has 3 aromatic rings. The summed E-state index contributed by atoms with van der Waals surface area (Å²) in [5.41, 5.74) is 0.677. The maximum atomic E-state index is 14.0. The highest BCUT2D eigenvalue weighted by Crippen LogP contribution is 2.42. The molecule has 1 saturated heterocycles. The minimum absolute atomic E-state index is 0. The number of carbonyl (C=O) groups is 2. The number of benzene rings is 2. The molecule has 0 radical (unpaired) electrons. The number of rotatable bonds is 6. The second kappa shape index (κ2) is 12.2. The SMILES string of the molecule is Cl.[2H]C[C@@]1(C(N)=O)CC[C@@H](c2cc(-c3ccc(F)cc3C)c(N(C)C(=O)C(C)(C)c3cc(C(F)(F)F)cc(C(F)(F)F)c3)cn2)N1. The van der Waals surface area contributed by atoms with Gasteiger partial charge in [-0.05, 0) is 93.6 Å². The molecule has 14 heteroatoms. The Morgan fingerprint density at radius 3 is 2.07 bits per heavy atom. The highest BCUT2D eigenvalue weighted by atomic mass is 35.5. The van der Waals surface area contributed by atoms with E-state index >= 15 is 0 Å². The Morgan fingerprint density at radius 2 is 1.58 bits per heavy atom. The van der Waals surface area contributed by atoms with Gasteiger partial charge < -0.3 is 10.6 Å². The molecule has 1 fully saturated rings. The summed E-state index contributed by atoms with van der Waals surface area (Å²) >= 11 is 0. The van der Waals surface area contributed by atoms with Gasteiger partial charge in [-0.1, -0.05) is 6.07 Å². The number of primary amides is 1. The van der Waals surface area contributed by atoms with Crippen LogP contribution in [0.4, 0.5) is 36.4 Å². The van der Waals surface area contributed by atoms with Crippen molar-refractivity contribution in [3.8, 4) is 11.1 Å². The van der Waals surface area contributed by atoms with Crippen LogP contribution < -0.4 is 16.0 Å². The minimum Gasteiger partial charge on any atom is -0.368 e. The predicted molar refractivity (Wildman–Crippen MR) is 157 cm³/mol. The topological polar surface area (TPSA) is 88.3 Å². The number of carbonyl (C=O) groups excluding carboxylic acids is 2. The zero-order valence-corrected chi connectivity index (χ0v) is 25.5. The van der Waals surface area contributed by atoms with Gasteiger partial charge in [0.2, 0.25) is 11.8 Å². The number of nitrogens with zero attached hydrogens (tertiary/aromatic N) is 2. The van der Waals surface area contributed by atoms with Gasteiger partial charge in [-0.25, -0.2) is 4.39 Å². The van der Waals surface area contributed by atoms with Crippen LogP contribution in [0, 0.1) is 12.7 Å². The Hall–Kier alpha value is -3.71. The van der Waals surface area contributed by atoms with Crippen molar-refractivity contribution in [1.29, 1.82) is 0 Å². The van der Waals surface area contributed by atoms with Gasteiger partial charge in [-0.2, -0.15) is 26.3 Å². The lowest BCUT2D eigenvalue weighted by Crippen LogP contribution is -2.49. The van der Waals surface area contributed by atoms with Crippen LogP contribution >= 0.6 is 12.4 Å². The van der Waals surface area contributed by atoms with Gasteiger partial charge in [0.05, 0.1) is 45.7 Å². The van der Waals surface area contributed by atoms with Crippen LogP contribution in [0.5, 0.6) is 0 Å². The number of anilines is 1. The third-order valence-corrected chi connectivity index (χ3v) is 8.03. The number of alkyl halides is 6. The number of aryl methyl sites for hydroxylation is 1. The third kappa shape index (κ3) is 7.09. The zero-order chi connectivity index (χ0) is 33.7. The van der Waals surface area contributed by atoms with Crippen molar-refractivity contribution in [3.05, 3.63) is 82.4 Å². The van der Waals surface area contributed by atoms with Crippen molar-refractivity contribution in [2.24, 2.45) is 5.73 Å². The molecular weight excluding hydrogens is 629 g/mol. The fourth-order valence-electron chi connectivity index (χ4n) is 5.32. The fraction of sp³-hybridized carbons (Fsp3) is 0.387. The number of hydrogen-bond donors (Lipinski definition) is 2. The van der Waals surface area contributed by atoms with E-state index in [2.05, 4.69) is 10.3 Å². The number of amides is 2. The number of pyridine rings is 1. The van der Waals surface area contributed by atoms with E-state index < -0.39 is 63.7 Å². The zero-order valence-electron chi connectivity index (χ0n) is 25.7. The third-order valence-electron chi connectivity index (χ3n) is 8.03. The number of likely N-dealkylation sites (N-methyl/N-ethyl adjacent to an activating group) is 1. The molecule has 244 valence electrons. The van der Waals surface area contributed by atoms with Crippen LogP contribution in [0.25, 0.3) is 11.1 Å². The molecule has 1 aromatic heterocycles. The average Bonchev–Trinajstić information content (AvgIpc) is 3.41. The first kappa shape index (κ1) is 34.2. The molecule has 4 rings (SSSR count). The molecule has 0 spiro atoms. The van der Waals surface area contributed by atoms with E-state index in [1.165, 1.54) is 45.3 Å². The van der Waals surface area contributed by atoms with Crippen LogP contribution in [0.3, 0.4) is 0 Å². The van der Waals surface area contributed by atoms with Crippen LogP contribution in [-0.4, -0.2) is 29.4 Å². The van der Waals surface area contributed by atoms with E-state index in [-0.39, 0.29) is 37.5 Å². The summed E-state index contributed by atoms with van der Waals surface area (Å²) in [5.74, 6) is -2.06. The van der Waals surface area contributed by atoms with Crippen molar-refractivity contribution in [3.63, 3.8) is 0 Å². The Kier molecular flexibility index (Phi) is 9.29. The van der Waals surface area contributed by atoms with Gasteiger partial charge in [-0.15, -0.1) is 12.4 Å². The second-order valence-electron chi connectivity index (χ2n) is 11.6. The molecule has 2 heterocycles. The Morgan fingerprint density at radius 1 is 1.00 bits per heavy atom. The van der Waals surface area contributed by atoms with Crippen LogP contribution in [-0.2, 0) is 27.4 Å². The Balaban J connectivity index is 0.00000576. The molecule has 0 unspecified atom stereocenters. The van der Waals surface area contributed by atoms with E-state index in [0.29, 0.717) is 40.9 Å². The van der Waals surface area contributed by atoms with E-state index in [9.17, 15) is 40.3 Å². The lowest BCUT2D eigenvalue weighted by molar-refractivity contribution is -0.143. The highest BCUT2D eigenvalue weighted by molar-refractivity contribution is 6.03. The summed E-state index contributed by atoms with van der Waals surface area (Å²) < 4.78 is 103. The highest BCUT2D eigenvalue weighted by Gasteiger charge is 2.42. The van der Waals surface area contributed by atoms with Gasteiger partial charge in [0.15, 0.2) is 0 Å². The molecule has 6 nitrogen and oxygen atoms in total. The number of halogens is 8. The maximum Gasteiger partial charge on any atom is 0.416 e. The van der Waals surface area contributed by atoms with Gasteiger partial charge in [0.1, 0.15) is 5.82 Å². The first-order chi connectivity index (χ1) is 20.7. The Labute approximate surface area is 263 Å². The van der Waals surface area contributed by atoms with Crippen molar-refractivity contribution in [1.82, 2.24) is 10.3 Å². The van der Waals surface area contributed by atoms with E-state index in [0.717, 1.165) is 4.90 Å². The second-order valence-corrected chi connectivity index (χ2v) is 11.6. The summed E-state index contributed by atoms with van der Waals surface area (Å²) in [6.45, 7) is 3.76. The van der Waals surface area contributed by atoms with Gasteiger partial charge >= 0.3 is 12.4 Å². The average molecular weight is 662 g/mol.